The van der Waals surface area contributed by atoms with Crippen molar-refractivity contribution in [2.45, 2.75) is 38.9 Å². The van der Waals surface area contributed by atoms with Crippen LogP contribution in [0.5, 0.6) is 11.5 Å². The largest absolute Gasteiger partial charge is 0.493 e. The maximum Gasteiger partial charge on any atom is 0.274 e. The maximum atomic E-state index is 13.2. The number of nitrogens with zero attached hydrogens (tertiary/aromatic N) is 1. The van der Waals surface area contributed by atoms with E-state index in [1.807, 2.05) is 44.2 Å². The Hall–Kier alpha value is -3.49. The van der Waals surface area contributed by atoms with Gasteiger partial charge in [0.2, 0.25) is 0 Å². The Kier molecular flexibility index (Phi) is 7.09. The van der Waals surface area contributed by atoms with Gasteiger partial charge in [0.25, 0.3) is 5.91 Å². The zero-order valence-corrected chi connectivity index (χ0v) is 19.3. The highest BCUT2D eigenvalue weighted by Gasteiger charge is 2.36. The molecule has 3 aromatic rings. The molecule has 0 radical (unpaired) electrons. The van der Waals surface area contributed by atoms with Crippen molar-refractivity contribution in [1.82, 2.24) is 10.3 Å². The third-order valence-corrected chi connectivity index (χ3v) is 5.32. The third-order valence-electron chi connectivity index (χ3n) is 5.32. The zero-order chi connectivity index (χ0) is 24.1. The number of nitrogens with one attached hydrogen (secondary N) is 1. The monoisotopic (exact) mass is 466 g/mol. The van der Waals surface area contributed by atoms with Gasteiger partial charge in [0, 0.05) is 12.6 Å². The molecule has 0 bridgehead atoms. The normalized spacial score (nSPS) is 16.8. The Morgan fingerprint density at radius 1 is 1.15 bits per heavy atom. The lowest BCUT2D eigenvalue weighted by molar-refractivity contribution is -0.139. The molecule has 1 fully saturated rings. The van der Waals surface area contributed by atoms with Crippen molar-refractivity contribution in [2.75, 3.05) is 13.7 Å². The van der Waals surface area contributed by atoms with Crippen molar-refractivity contribution in [1.29, 1.82) is 0 Å². The van der Waals surface area contributed by atoms with Gasteiger partial charge in [0.1, 0.15) is 18.5 Å². The Morgan fingerprint density at radius 2 is 1.88 bits per heavy atom. The van der Waals surface area contributed by atoms with Crippen LogP contribution in [0.4, 0.5) is 4.39 Å². The number of aromatic nitrogens is 1. The summed E-state index contributed by atoms with van der Waals surface area (Å²) >= 11 is 0. The molecule has 7 nitrogen and oxygen atoms in total. The number of halogens is 1. The van der Waals surface area contributed by atoms with Gasteiger partial charge >= 0.3 is 0 Å². The molecule has 0 saturated carbocycles. The van der Waals surface area contributed by atoms with E-state index in [0.29, 0.717) is 18.1 Å². The van der Waals surface area contributed by atoms with Gasteiger partial charge in [-0.05, 0) is 37.1 Å². The first-order valence-corrected chi connectivity index (χ1v) is 10.9. The maximum absolute atomic E-state index is 13.2. The first-order chi connectivity index (χ1) is 16.3. The van der Waals surface area contributed by atoms with Gasteiger partial charge < -0.3 is 24.3 Å². The van der Waals surface area contributed by atoms with Gasteiger partial charge in [-0.1, -0.05) is 42.5 Å². The molecule has 1 amide bonds. The third kappa shape index (κ3) is 5.70. The highest BCUT2D eigenvalue weighted by atomic mass is 19.1. The minimum atomic E-state index is -0.757. The molecule has 1 N–H and O–H groups in total. The van der Waals surface area contributed by atoms with E-state index in [0.717, 1.165) is 11.1 Å². The van der Waals surface area contributed by atoms with E-state index in [1.54, 1.807) is 18.2 Å². The standard InChI is InChI=1S/C26H27FN2O5/c1-26(2)33-16-22(34-26)20-13-21(31-3)24(32-15-18-7-5-4-6-8-18)23(29-20)25(30)28-14-17-9-11-19(27)12-10-17/h4-13,22H,14-16H2,1-3H3,(H,28,30). The van der Waals surface area contributed by atoms with Crippen molar-refractivity contribution < 1.29 is 28.1 Å². The number of hydrogen-bond acceptors (Lipinski definition) is 6. The van der Waals surface area contributed by atoms with E-state index in [9.17, 15) is 9.18 Å². The van der Waals surface area contributed by atoms with Gasteiger partial charge in [-0.3, -0.25) is 4.79 Å². The van der Waals surface area contributed by atoms with Crippen LogP contribution in [0.25, 0.3) is 0 Å². The Bertz CT molecular complexity index is 1140. The second-order valence-electron chi connectivity index (χ2n) is 8.33. The van der Waals surface area contributed by atoms with Crippen LogP contribution >= 0.6 is 0 Å². The Morgan fingerprint density at radius 3 is 2.53 bits per heavy atom. The van der Waals surface area contributed by atoms with E-state index in [1.165, 1.54) is 19.2 Å². The van der Waals surface area contributed by atoms with Crippen LogP contribution in [0, 0.1) is 5.82 Å². The van der Waals surface area contributed by atoms with Gasteiger partial charge in [0.15, 0.2) is 23.0 Å². The number of amides is 1. The molecule has 1 aliphatic rings. The quantitative estimate of drug-likeness (QED) is 0.524. The summed E-state index contributed by atoms with van der Waals surface area (Å²) in [5.41, 5.74) is 2.25. The molecule has 0 spiro atoms. The molecule has 1 unspecified atom stereocenters. The summed E-state index contributed by atoms with van der Waals surface area (Å²) in [6.45, 7) is 4.36. The number of benzene rings is 2. The zero-order valence-electron chi connectivity index (χ0n) is 19.3. The summed E-state index contributed by atoms with van der Waals surface area (Å²) in [6, 6.07) is 17.2. The molecule has 0 aliphatic carbocycles. The van der Waals surface area contributed by atoms with Crippen molar-refractivity contribution in [3.8, 4) is 11.5 Å². The lowest BCUT2D eigenvalue weighted by atomic mass is 10.1. The molecule has 1 saturated heterocycles. The lowest BCUT2D eigenvalue weighted by Gasteiger charge is -2.19. The van der Waals surface area contributed by atoms with Crippen LogP contribution in [0.15, 0.2) is 60.7 Å². The van der Waals surface area contributed by atoms with Gasteiger partial charge in [-0.2, -0.15) is 0 Å². The molecule has 8 heteroatoms. The van der Waals surface area contributed by atoms with Gasteiger partial charge in [-0.15, -0.1) is 0 Å². The van der Waals surface area contributed by atoms with E-state index < -0.39 is 17.8 Å². The van der Waals surface area contributed by atoms with E-state index >= 15 is 0 Å². The Labute approximate surface area is 197 Å². The van der Waals surface area contributed by atoms with Crippen molar-refractivity contribution in [3.63, 3.8) is 0 Å². The predicted octanol–water partition coefficient (Wildman–Crippen LogP) is 4.56. The summed E-state index contributed by atoms with van der Waals surface area (Å²) in [5, 5.41) is 2.83. The molecule has 4 rings (SSSR count). The van der Waals surface area contributed by atoms with E-state index in [2.05, 4.69) is 10.3 Å². The highest BCUT2D eigenvalue weighted by molar-refractivity contribution is 5.95. The fourth-order valence-corrected chi connectivity index (χ4v) is 3.57. The molecular weight excluding hydrogens is 439 g/mol. The van der Waals surface area contributed by atoms with Crippen LogP contribution in [0.1, 0.15) is 47.3 Å². The Balaban J connectivity index is 1.63. The minimum absolute atomic E-state index is 0.0701. The lowest BCUT2D eigenvalue weighted by Crippen LogP contribution is -2.26. The summed E-state index contributed by atoms with van der Waals surface area (Å²) in [7, 11) is 1.50. The van der Waals surface area contributed by atoms with Crippen LogP contribution in [0.2, 0.25) is 0 Å². The topological polar surface area (TPSA) is 78.9 Å². The second-order valence-corrected chi connectivity index (χ2v) is 8.33. The molecule has 2 heterocycles. The number of hydrogen-bond donors (Lipinski definition) is 1. The van der Waals surface area contributed by atoms with Crippen molar-refractivity contribution in [3.05, 3.63) is 89.0 Å². The molecule has 1 atom stereocenters. The predicted molar refractivity (Wildman–Crippen MR) is 123 cm³/mol. The number of pyridine rings is 1. The SMILES string of the molecule is COc1cc(C2COC(C)(C)O2)nc(C(=O)NCc2ccc(F)cc2)c1OCc1ccccc1. The summed E-state index contributed by atoms with van der Waals surface area (Å²) in [4.78, 5) is 17.8. The van der Waals surface area contributed by atoms with Crippen LogP contribution < -0.4 is 14.8 Å². The average Bonchev–Trinajstić information content (AvgIpc) is 3.22. The molecule has 1 aromatic heterocycles. The van der Waals surface area contributed by atoms with Crippen LogP contribution in [-0.2, 0) is 22.6 Å². The fraction of sp³-hybridized carbons (Fsp3) is 0.308. The summed E-state index contributed by atoms with van der Waals surface area (Å²) in [5.74, 6) is -0.961. The summed E-state index contributed by atoms with van der Waals surface area (Å²) < 4.78 is 36.4. The number of ether oxygens (including phenoxy) is 4. The number of rotatable bonds is 8. The number of carbonyl (C=O) groups excluding carboxylic acids is 1. The number of methoxy groups -OCH3 is 1. The van der Waals surface area contributed by atoms with Crippen LogP contribution in [0.3, 0.4) is 0 Å². The van der Waals surface area contributed by atoms with Crippen LogP contribution in [-0.4, -0.2) is 30.4 Å². The summed E-state index contributed by atoms with van der Waals surface area (Å²) in [6.07, 6.45) is -0.462. The number of carbonyl (C=O) groups is 1. The first kappa shape index (κ1) is 23.7. The molecule has 178 valence electrons. The average molecular weight is 467 g/mol. The fourth-order valence-electron chi connectivity index (χ4n) is 3.57. The molecule has 2 aromatic carbocycles. The van der Waals surface area contributed by atoms with Crippen molar-refractivity contribution in [2.24, 2.45) is 0 Å². The highest BCUT2D eigenvalue weighted by Crippen LogP contribution is 2.38. The minimum Gasteiger partial charge on any atom is -0.493 e. The van der Waals surface area contributed by atoms with Gasteiger partial charge in [-0.25, -0.2) is 9.37 Å². The molecule has 34 heavy (non-hydrogen) atoms. The molecule has 1 aliphatic heterocycles. The van der Waals surface area contributed by atoms with E-state index in [-0.39, 0.29) is 30.4 Å². The van der Waals surface area contributed by atoms with Crippen molar-refractivity contribution >= 4 is 5.91 Å². The molecular formula is C26H27FN2O5. The van der Waals surface area contributed by atoms with Gasteiger partial charge in [0.05, 0.1) is 19.4 Å². The first-order valence-electron chi connectivity index (χ1n) is 10.9. The smallest absolute Gasteiger partial charge is 0.274 e. The van der Waals surface area contributed by atoms with E-state index in [4.69, 9.17) is 18.9 Å². The second kappa shape index (κ2) is 10.2.